The topological polar surface area (TPSA) is 88.1 Å². The molecule has 0 unspecified atom stereocenters. The van der Waals surface area contributed by atoms with Gasteiger partial charge in [-0.1, -0.05) is 32.3 Å². The van der Waals surface area contributed by atoms with Crippen molar-refractivity contribution in [1.82, 2.24) is 10.2 Å². The lowest BCUT2D eigenvalue weighted by molar-refractivity contribution is -0.139. The molecular formula is C26H42N2O5. The van der Waals surface area contributed by atoms with Gasteiger partial charge in [0.25, 0.3) is 0 Å². The number of carboxylic acids is 1. The molecule has 1 aliphatic heterocycles. The van der Waals surface area contributed by atoms with E-state index < -0.39 is 11.5 Å². The fourth-order valence-corrected chi connectivity index (χ4v) is 4.17. The molecule has 1 aromatic rings. The van der Waals surface area contributed by atoms with Gasteiger partial charge in [0.1, 0.15) is 11.5 Å². The molecule has 1 heterocycles. The number of piperidine rings is 1. The van der Waals surface area contributed by atoms with Crippen LogP contribution in [0.1, 0.15) is 77.6 Å². The lowest BCUT2D eigenvalue weighted by Crippen LogP contribution is -2.55. The maximum Gasteiger partial charge on any atom is 0.305 e. The third-order valence-corrected chi connectivity index (χ3v) is 6.23. The number of carboxylic acid groups (broad SMARTS) is 1. The predicted octanol–water partition coefficient (Wildman–Crippen LogP) is 4.64. The first-order valence-electron chi connectivity index (χ1n) is 12.5. The van der Waals surface area contributed by atoms with Crippen molar-refractivity contribution in [2.75, 3.05) is 33.4 Å². The number of nitrogens with zero attached hydrogens (tertiary/aromatic N) is 1. The minimum absolute atomic E-state index is 0.0120. The van der Waals surface area contributed by atoms with Crippen LogP contribution in [0.25, 0.3) is 0 Å². The van der Waals surface area contributed by atoms with Crippen molar-refractivity contribution < 1.29 is 24.2 Å². The Hall–Kier alpha value is -2.28. The van der Waals surface area contributed by atoms with Crippen molar-refractivity contribution in [2.24, 2.45) is 0 Å². The number of hydrogen-bond donors (Lipinski definition) is 2. The first kappa shape index (κ1) is 27.0. The zero-order valence-electron chi connectivity index (χ0n) is 20.4. The summed E-state index contributed by atoms with van der Waals surface area (Å²) in [5, 5.41) is 12.3. The molecule has 1 aromatic carbocycles. The smallest absolute Gasteiger partial charge is 0.305 e. The minimum Gasteiger partial charge on any atom is -0.493 e. The molecule has 33 heavy (non-hydrogen) atoms. The first-order chi connectivity index (χ1) is 15.9. The average molecular weight is 463 g/mol. The van der Waals surface area contributed by atoms with Crippen molar-refractivity contribution in [3.05, 3.63) is 24.3 Å². The molecular weight excluding hydrogens is 420 g/mol. The zero-order valence-corrected chi connectivity index (χ0v) is 20.4. The lowest BCUT2D eigenvalue weighted by Gasteiger charge is -2.40. The van der Waals surface area contributed by atoms with Gasteiger partial charge in [0.2, 0.25) is 5.91 Å². The Morgan fingerprint density at radius 1 is 1.00 bits per heavy atom. The second kappa shape index (κ2) is 14.8. The van der Waals surface area contributed by atoms with Crippen LogP contribution in [0.3, 0.4) is 0 Å². The number of rotatable bonds is 16. The summed E-state index contributed by atoms with van der Waals surface area (Å²) in [5.74, 6) is 0.731. The third kappa shape index (κ3) is 10.9. The van der Waals surface area contributed by atoms with Gasteiger partial charge in [-0.05, 0) is 57.7 Å². The lowest BCUT2D eigenvalue weighted by atomic mass is 9.84. The Kier molecular flexibility index (Phi) is 12.1. The van der Waals surface area contributed by atoms with Gasteiger partial charge >= 0.3 is 5.97 Å². The van der Waals surface area contributed by atoms with Crippen molar-refractivity contribution in [1.29, 1.82) is 0 Å². The van der Waals surface area contributed by atoms with E-state index in [1.165, 1.54) is 19.3 Å². The van der Waals surface area contributed by atoms with Gasteiger partial charge in [0.05, 0.1) is 25.2 Å². The summed E-state index contributed by atoms with van der Waals surface area (Å²) in [7, 11) is 2.02. The van der Waals surface area contributed by atoms with Gasteiger partial charge in [-0.25, -0.2) is 0 Å². The highest BCUT2D eigenvalue weighted by Crippen LogP contribution is 2.26. The number of amides is 1. The summed E-state index contributed by atoms with van der Waals surface area (Å²) in [6.45, 7) is 5.13. The molecule has 1 amide bonds. The highest BCUT2D eigenvalue weighted by atomic mass is 16.5. The average Bonchev–Trinajstić information content (AvgIpc) is 2.78. The molecule has 186 valence electrons. The molecule has 2 rings (SSSR count). The van der Waals surface area contributed by atoms with Gasteiger partial charge in [-0.15, -0.1) is 0 Å². The molecule has 0 radical (unpaired) electrons. The van der Waals surface area contributed by atoms with Gasteiger partial charge < -0.3 is 24.8 Å². The zero-order chi connectivity index (χ0) is 23.9. The number of likely N-dealkylation sites (tertiary alicyclic amines) is 1. The number of carbonyl (C=O) groups is 2. The van der Waals surface area contributed by atoms with Gasteiger partial charge in [-0.2, -0.15) is 0 Å². The molecule has 1 fully saturated rings. The summed E-state index contributed by atoms with van der Waals surface area (Å²) in [6.07, 6.45) is 9.00. The van der Waals surface area contributed by atoms with Crippen LogP contribution in [0.15, 0.2) is 24.3 Å². The van der Waals surface area contributed by atoms with E-state index in [-0.39, 0.29) is 12.3 Å². The molecule has 0 aromatic heterocycles. The van der Waals surface area contributed by atoms with Crippen molar-refractivity contribution in [2.45, 2.75) is 83.1 Å². The summed E-state index contributed by atoms with van der Waals surface area (Å²) in [4.78, 5) is 25.9. The van der Waals surface area contributed by atoms with Crippen LogP contribution in [-0.2, 0) is 9.59 Å². The van der Waals surface area contributed by atoms with E-state index in [2.05, 4.69) is 17.1 Å². The maximum absolute atomic E-state index is 12.5. The van der Waals surface area contributed by atoms with E-state index in [0.29, 0.717) is 25.9 Å². The summed E-state index contributed by atoms with van der Waals surface area (Å²) < 4.78 is 11.6. The maximum atomic E-state index is 12.5. The van der Waals surface area contributed by atoms with E-state index in [1.54, 1.807) is 0 Å². The Morgan fingerprint density at radius 2 is 1.61 bits per heavy atom. The van der Waals surface area contributed by atoms with Gasteiger partial charge in [0.15, 0.2) is 0 Å². The molecule has 0 spiro atoms. The van der Waals surface area contributed by atoms with Crippen LogP contribution in [0.4, 0.5) is 0 Å². The number of hydrogen-bond acceptors (Lipinski definition) is 5. The second-order valence-electron chi connectivity index (χ2n) is 9.25. The fourth-order valence-electron chi connectivity index (χ4n) is 4.17. The first-order valence-corrected chi connectivity index (χ1v) is 12.5. The predicted molar refractivity (Wildman–Crippen MR) is 130 cm³/mol. The van der Waals surface area contributed by atoms with Gasteiger partial charge in [0, 0.05) is 25.6 Å². The summed E-state index contributed by atoms with van der Waals surface area (Å²) in [5.41, 5.74) is -0.609. The molecule has 7 nitrogen and oxygen atoms in total. The number of unbranched alkanes of at least 4 members (excludes halogenated alkanes) is 5. The standard InChI is InChI=1S/C26H42N2O5/c1-3-4-5-8-18-32-22-11-10-12-23(20-22)33-19-9-6-7-13-24(29)27-26(21-25(30)31)14-16-28(2)17-15-26/h10-12,20H,3-9,13-19,21H2,1-2H3,(H,27,29)(H,30,31). The molecule has 1 saturated heterocycles. The van der Waals surface area contributed by atoms with E-state index in [9.17, 15) is 14.7 Å². The number of aliphatic carboxylic acids is 1. The molecule has 7 heteroatoms. The van der Waals surface area contributed by atoms with E-state index >= 15 is 0 Å². The van der Waals surface area contributed by atoms with Crippen LogP contribution in [0.5, 0.6) is 11.5 Å². The molecule has 0 atom stereocenters. The van der Waals surface area contributed by atoms with Crippen molar-refractivity contribution in [3.63, 3.8) is 0 Å². The number of ether oxygens (including phenoxy) is 2. The fraction of sp³-hybridized carbons (Fsp3) is 0.692. The van der Waals surface area contributed by atoms with Gasteiger partial charge in [-0.3, -0.25) is 9.59 Å². The van der Waals surface area contributed by atoms with E-state index in [4.69, 9.17) is 9.47 Å². The monoisotopic (exact) mass is 462 g/mol. The van der Waals surface area contributed by atoms with Crippen LogP contribution in [0, 0.1) is 0 Å². The molecule has 0 aliphatic carbocycles. The van der Waals surface area contributed by atoms with Crippen LogP contribution >= 0.6 is 0 Å². The van der Waals surface area contributed by atoms with Crippen molar-refractivity contribution in [3.8, 4) is 11.5 Å². The highest BCUT2D eigenvalue weighted by molar-refractivity contribution is 5.78. The molecule has 2 N–H and O–H groups in total. The van der Waals surface area contributed by atoms with Crippen LogP contribution in [0.2, 0.25) is 0 Å². The Morgan fingerprint density at radius 3 is 2.18 bits per heavy atom. The summed E-state index contributed by atoms with van der Waals surface area (Å²) in [6, 6.07) is 7.75. The molecule has 0 bridgehead atoms. The van der Waals surface area contributed by atoms with E-state index in [1.807, 2.05) is 31.3 Å². The van der Waals surface area contributed by atoms with E-state index in [0.717, 1.165) is 56.9 Å². The Labute approximate surface area is 198 Å². The number of carbonyl (C=O) groups excluding carboxylic acids is 1. The highest BCUT2D eigenvalue weighted by Gasteiger charge is 2.37. The SMILES string of the molecule is CCCCCCOc1cccc(OCCCCCC(=O)NC2(CC(=O)O)CCN(C)CC2)c1. The van der Waals surface area contributed by atoms with Crippen molar-refractivity contribution >= 4 is 11.9 Å². The molecule has 0 saturated carbocycles. The Bertz CT molecular complexity index is 716. The molecule has 1 aliphatic rings. The summed E-state index contributed by atoms with van der Waals surface area (Å²) >= 11 is 0. The number of benzene rings is 1. The number of nitrogens with one attached hydrogen (secondary N) is 1. The van der Waals surface area contributed by atoms with Crippen LogP contribution in [-0.4, -0.2) is 60.8 Å². The second-order valence-corrected chi connectivity index (χ2v) is 9.25. The van der Waals surface area contributed by atoms with Crippen LogP contribution < -0.4 is 14.8 Å². The Balaban J connectivity index is 1.61. The largest absolute Gasteiger partial charge is 0.493 e. The normalized spacial score (nSPS) is 15.7. The quantitative estimate of drug-likeness (QED) is 0.348. The third-order valence-electron chi connectivity index (χ3n) is 6.23. The minimum atomic E-state index is -0.858.